The summed E-state index contributed by atoms with van der Waals surface area (Å²) in [6.45, 7) is 0. The van der Waals surface area contributed by atoms with E-state index in [9.17, 15) is 10.1 Å². The standard InChI is InChI=1S/C12H9N4O2.Pr/c13-11-2-1-9(16(17)18)7-10(11)12(14)8-3-5-15-6-4-8;/h1-7,13-14H;/q-1;. The molecule has 0 amide bonds. The summed E-state index contributed by atoms with van der Waals surface area (Å²) in [4.78, 5) is 14.0. The normalized spacial score (nSPS) is 9.47. The zero-order valence-electron chi connectivity index (χ0n) is 9.83. The number of rotatable bonds is 3. The Bertz CT molecular complexity index is 616. The topological polar surface area (TPSA) is 104 Å². The maximum Gasteiger partial charge on any atom is 0.270 e. The molecule has 19 heavy (non-hydrogen) atoms. The van der Waals surface area contributed by atoms with Crippen molar-refractivity contribution in [2.75, 3.05) is 0 Å². The van der Waals surface area contributed by atoms with Crippen LogP contribution in [0.4, 0.5) is 11.4 Å². The monoisotopic (exact) mass is 382 g/mol. The van der Waals surface area contributed by atoms with Crippen LogP contribution in [-0.4, -0.2) is 15.6 Å². The molecule has 2 aromatic rings. The molecule has 0 saturated carbocycles. The van der Waals surface area contributed by atoms with Crippen molar-refractivity contribution in [3.05, 3.63) is 69.7 Å². The van der Waals surface area contributed by atoms with Gasteiger partial charge in [0.15, 0.2) is 0 Å². The van der Waals surface area contributed by atoms with Gasteiger partial charge in [-0.1, -0.05) is 6.07 Å². The van der Waals surface area contributed by atoms with Gasteiger partial charge in [-0.3, -0.25) is 20.5 Å². The van der Waals surface area contributed by atoms with Crippen LogP contribution < -0.4 is 0 Å². The van der Waals surface area contributed by atoms with Gasteiger partial charge < -0.3 is 5.73 Å². The van der Waals surface area contributed by atoms with E-state index in [1.54, 1.807) is 12.1 Å². The van der Waals surface area contributed by atoms with Gasteiger partial charge in [0.05, 0.1) is 10.6 Å². The Hall–Kier alpha value is -1.40. The van der Waals surface area contributed by atoms with Crippen molar-refractivity contribution in [3.63, 3.8) is 0 Å². The number of nitro benzene ring substituents is 1. The second-order valence-electron chi connectivity index (χ2n) is 3.60. The molecule has 1 aromatic carbocycles. The summed E-state index contributed by atoms with van der Waals surface area (Å²) in [7, 11) is 0. The molecule has 1 aromatic heterocycles. The Morgan fingerprint density at radius 1 is 1.26 bits per heavy atom. The van der Waals surface area contributed by atoms with E-state index in [-0.39, 0.29) is 63.9 Å². The van der Waals surface area contributed by atoms with Gasteiger partial charge >= 0.3 is 0 Å². The van der Waals surface area contributed by atoms with Gasteiger partial charge in [-0.2, -0.15) is 0 Å². The van der Waals surface area contributed by atoms with Crippen LogP contribution in [0.2, 0.25) is 0 Å². The molecule has 2 rings (SSSR count). The molecular formula is C12H9N4O2Pr-. The Labute approximate surface area is 142 Å². The first kappa shape index (κ1) is 15.7. The number of pyridine rings is 1. The van der Waals surface area contributed by atoms with E-state index in [2.05, 4.69) is 4.98 Å². The average molecular weight is 382 g/mol. The Balaban J connectivity index is 0.00000180. The molecule has 6 nitrogen and oxygen atoms in total. The molecule has 0 aliphatic rings. The number of hydrogen-bond donors (Lipinski definition) is 1. The predicted molar refractivity (Wildman–Crippen MR) is 67.2 cm³/mol. The molecule has 0 atom stereocenters. The van der Waals surface area contributed by atoms with E-state index in [1.807, 2.05) is 0 Å². The van der Waals surface area contributed by atoms with E-state index in [4.69, 9.17) is 11.1 Å². The fraction of sp³-hybridized carbons (Fsp3) is 0. The number of nitrogens with zero attached hydrogens (tertiary/aromatic N) is 2. The summed E-state index contributed by atoms with van der Waals surface area (Å²) in [5, 5.41) is 18.7. The third-order valence-corrected chi connectivity index (χ3v) is 2.45. The number of non-ortho nitro benzene ring substituents is 1. The van der Waals surface area contributed by atoms with E-state index in [0.29, 0.717) is 5.56 Å². The zero-order valence-corrected chi connectivity index (χ0v) is 13.5. The van der Waals surface area contributed by atoms with Gasteiger partial charge in [-0.15, -0.1) is 5.69 Å². The summed E-state index contributed by atoms with van der Waals surface area (Å²) < 4.78 is 0. The van der Waals surface area contributed by atoms with Gasteiger partial charge in [0.2, 0.25) is 0 Å². The molecule has 0 aliphatic carbocycles. The van der Waals surface area contributed by atoms with Crippen molar-refractivity contribution in [3.8, 4) is 0 Å². The van der Waals surface area contributed by atoms with Gasteiger partial charge in [0.25, 0.3) is 5.69 Å². The minimum atomic E-state index is -0.539. The zero-order chi connectivity index (χ0) is 13.1. The number of nitro groups is 1. The number of benzene rings is 1. The number of hydrogen-bond acceptors (Lipinski definition) is 4. The summed E-state index contributed by atoms with van der Waals surface area (Å²) in [6, 6.07) is 7.07. The molecule has 0 bridgehead atoms. The molecule has 0 fully saturated rings. The molecule has 0 unspecified atom stereocenters. The summed E-state index contributed by atoms with van der Waals surface area (Å²) in [6.07, 6.45) is 3.07. The molecule has 0 spiro atoms. The van der Waals surface area contributed by atoms with Crippen LogP contribution in [0.15, 0.2) is 42.7 Å². The number of aromatic nitrogens is 1. The van der Waals surface area contributed by atoms with E-state index in [0.717, 1.165) is 0 Å². The van der Waals surface area contributed by atoms with Crippen LogP contribution in [0.5, 0.6) is 0 Å². The maximum atomic E-state index is 10.7. The Kier molecular flexibility index (Phi) is 5.50. The minimum Gasteiger partial charge on any atom is -0.698 e. The van der Waals surface area contributed by atoms with E-state index in [1.165, 1.54) is 30.6 Å². The fourth-order valence-electron chi connectivity index (χ4n) is 1.53. The van der Waals surface area contributed by atoms with E-state index >= 15 is 0 Å². The van der Waals surface area contributed by atoms with Crippen molar-refractivity contribution < 1.29 is 46.2 Å². The molecule has 2 N–H and O–H groups in total. The van der Waals surface area contributed by atoms with Gasteiger partial charge in [0.1, 0.15) is 0 Å². The van der Waals surface area contributed by atoms with Crippen LogP contribution in [0, 0.1) is 56.8 Å². The maximum absolute atomic E-state index is 10.7. The van der Waals surface area contributed by atoms with Crippen LogP contribution in [0.3, 0.4) is 0 Å². The van der Waals surface area contributed by atoms with Gasteiger partial charge in [-0.05, 0) is 17.7 Å². The number of nitrogens with one attached hydrogen (secondary N) is 2. The smallest absolute Gasteiger partial charge is 0.270 e. The second-order valence-corrected chi connectivity index (χ2v) is 3.60. The first-order chi connectivity index (χ1) is 8.59. The Morgan fingerprint density at radius 2 is 1.89 bits per heavy atom. The van der Waals surface area contributed by atoms with Gasteiger partial charge in [-0.25, -0.2) is 0 Å². The summed E-state index contributed by atoms with van der Waals surface area (Å²) in [5.41, 5.74) is 8.54. The summed E-state index contributed by atoms with van der Waals surface area (Å²) in [5.74, 6) is 0. The second kappa shape index (κ2) is 6.68. The minimum absolute atomic E-state index is 0. The van der Waals surface area contributed by atoms with Crippen LogP contribution in [0.25, 0.3) is 5.73 Å². The predicted octanol–water partition coefficient (Wildman–Crippen LogP) is 3.09. The molecule has 7 heteroatoms. The van der Waals surface area contributed by atoms with Crippen molar-refractivity contribution in [1.82, 2.24) is 4.98 Å². The third kappa shape index (κ3) is 3.55. The quantitative estimate of drug-likeness (QED) is 0.501. The van der Waals surface area contributed by atoms with E-state index < -0.39 is 4.92 Å². The van der Waals surface area contributed by atoms with Crippen LogP contribution in [-0.2, 0) is 0 Å². The molecule has 0 aliphatic heterocycles. The fourth-order valence-corrected chi connectivity index (χ4v) is 1.53. The van der Waals surface area contributed by atoms with Crippen molar-refractivity contribution in [2.24, 2.45) is 0 Å². The molecular weight excluding hydrogens is 373 g/mol. The first-order valence-corrected chi connectivity index (χ1v) is 5.09. The van der Waals surface area contributed by atoms with Crippen LogP contribution in [0.1, 0.15) is 11.1 Å². The van der Waals surface area contributed by atoms with Crippen molar-refractivity contribution >= 4 is 17.1 Å². The molecule has 0 saturated heterocycles. The largest absolute Gasteiger partial charge is 0.698 e. The summed E-state index contributed by atoms with van der Waals surface area (Å²) >= 11 is 0. The van der Waals surface area contributed by atoms with Gasteiger partial charge in [0, 0.05) is 71.4 Å². The third-order valence-electron chi connectivity index (χ3n) is 2.45. The molecule has 93 valence electrons. The van der Waals surface area contributed by atoms with Crippen molar-refractivity contribution in [1.29, 1.82) is 5.41 Å². The molecule has 1 radical (unpaired) electrons. The Morgan fingerprint density at radius 3 is 2.47 bits per heavy atom. The average Bonchev–Trinajstić information content (AvgIpc) is 2.39. The van der Waals surface area contributed by atoms with Crippen molar-refractivity contribution in [2.45, 2.75) is 0 Å². The SMILES string of the molecule is N=C(c1ccncc1)c1cc([N+](=O)[O-])ccc1[NH-].[Pr]. The molecule has 1 heterocycles. The first-order valence-electron chi connectivity index (χ1n) is 5.09. The van der Waals surface area contributed by atoms with Crippen LogP contribution >= 0.6 is 0 Å².